The summed E-state index contributed by atoms with van der Waals surface area (Å²) in [6.45, 7) is 11.1. The molecule has 114 valence electrons. The number of rotatable bonds is 0. The Morgan fingerprint density at radius 2 is 1.81 bits per heavy atom. The predicted molar refractivity (Wildman–Crippen MR) is 83.7 cm³/mol. The van der Waals surface area contributed by atoms with Crippen LogP contribution in [0.25, 0.3) is 5.57 Å². The molecule has 0 bridgehead atoms. The number of aromatic hydroxyl groups is 2. The number of benzene rings is 1. The van der Waals surface area contributed by atoms with Crippen LogP contribution in [0.5, 0.6) is 11.5 Å². The number of aryl methyl sites for hydroxylation is 1. The minimum Gasteiger partial charge on any atom is -0.504 e. The third-order valence-electron chi connectivity index (χ3n) is 5.04. The van der Waals surface area contributed by atoms with E-state index >= 15 is 0 Å². The molecule has 1 heterocycles. The van der Waals surface area contributed by atoms with E-state index in [1.165, 1.54) is 11.1 Å². The largest absolute Gasteiger partial charge is 0.504 e. The second kappa shape index (κ2) is 4.51. The maximum Gasteiger partial charge on any atom is 0.161 e. The van der Waals surface area contributed by atoms with Crippen LogP contribution in [0.2, 0.25) is 0 Å². The number of hydrogen-bond acceptors (Lipinski definition) is 3. The van der Waals surface area contributed by atoms with Crippen molar-refractivity contribution in [2.45, 2.75) is 52.6 Å². The minimum absolute atomic E-state index is 0.0172. The zero-order chi connectivity index (χ0) is 15.5. The Kier molecular flexibility index (Phi) is 3.10. The van der Waals surface area contributed by atoms with Crippen LogP contribution in [0.1, 0.15) is 56.7 Å². The number of ether oxygens (including phenoxy) is 1. The second-order valence-electron chi connectivity index (χ2n) is 7.07. The lowest BCUT2D eigenvalue weighted by Crippen LogP contribution is -2.38. The fourth-order valence-corrected chi connectivity index (χ4v) is 3.84. The standard InChI is InChI=1S/C18H24O3/c1-9-7-13-14(11(3)8-21-18(13,4)5)12-6-10(2)16(19)17(20)15(9)12/h6,9,11,19-20H,7-8H2,1-5H3/t9-,11+/m0/s1. The number of fused-ring (bicyclic) bond motifs is 2. The molecule has 1 aromatic rings. The lowest BCUT2D eigenvalue weighted by atomic mass is 9.69. The molecule has 2 N–H and O–H groups in total. The summed E-state index contributed by atoms with van der Waals surface area (Å²) in [5, 5.41) is 20.5. The van der Waals surface area contributed by atoms with E-state index in [9.17, 15) is 10.2 Å². The molecule has 0 fully saturated rings. The van der Waals surface area contributed by atoms with Gasteiger partial charge in [0.25, 0.3) is 0 Å². The summed E-state index contributed by atoms with van der Waals surface area (Å²) in [5.74, 6) is 0.560. The van der Waals surface area contributed by atoms with Crippen molar-refractivity contribution in [3.63, 3.8) is 0 Å². The van der Waals surface area contributed by atoms with Gasteiger partial charge < -0.3 is 14.9 Å². The van der Waals surface area contributed by atoms with Gasteiger partial charge in [0.15, 0.2) is 11.5 Å². The molecule has 2 aliphatic rings. The summed E-state index contributed by atoms with van der Waals surface area (Å²) in [6.07, 6.45) is 0.871. The van der Waals surface area contributed by atoms with E-state index in [1.807, 2.05) is 13.0 Å². The van der Waals surface area contributed by atoms with Gasteiger partial charge in [-0.1, -0.05) is 13.8 Å². The third kappa shape index (κ3) is 1.98. The van der Waals surface area contributed by atoms with Crippen molar-refractivity contribution in [1.29, 1.82) is 0 Å². The highest BCUT2D eigenvalue weighted by molar-refractivity contribution is 5.80. The van der Waals surface area contributed by atoms with Crippen LogP contribution >= 0.6 is 0 Å². The summed E-state index contributed by atoms with van der Waals surface area (Å²) in [4.78, 5) is 0. The topological polar surface area (TPSA) is 49.7 Å². The first kappa shape index (κ1) is 14.5. The van der Waals surface area contributed by atoms with E-state index in [4.69, 9.17) is 4.74 Å². The Morgan fingerprint density at radius 3 is 2.48 bits per heavy atom. The second-order valence-corrected chi connectivity index (χ2v) is 7.07. The molecule has 3 nitrogen and oxygen atoms in total. The fourth-order valence-electron chi connectivity index (χ4n) is 3.84. The van der Waals surface area contributed by atoms with Gasteiger partial charge in [-0.05, 0) is 61.4 Å². The van der Waals surface area contributed by atoms with E-state index in [1.54, 1.807) is 0 Å². The van der Waals surface area contributed by atoms with E-state index in [2.05, 4.69) is 27.7 Å². The monoisotopic (exact) mass is 288 g/mol. The van der Waals surface area contributed by atoms with E-state index in [0.717, 1.165) is 23.1 Å². The van der Waals surface area contributed by atoms with Crippen molar-refractivity contribution in [2.24, 2.45) is 5.92 Å². The van der Waals surface area contributed by atoms with Gasteiger partial charge in [0.1, 0.15) is 0 Å². The first-order valence-corrected chi connectivity index (χ1v) is 7.67. The molecule has 2 atom stereocenters. The van der Waals surface area contributed by atoms with Crippen molar-refractivity contribution >= 4 is 5.57 Å². The molecule has 0 saturated carbocycles. The molecule has 21 heavy (non-hydrogen) atoms. The van der Waals surface area contributed by atoms with Gasteiger partial charge in [0, 0.05) is 11.5 Å². The van der Waals surface area contributed by atoms with Crippen LogP contribution in [0, 0.1) is 12.8 Å². The maximum absolute atomic E-state index is 10.4. The molecule has 3 rings (SSSR count). The highest BCUT2D eigenvalue weighted by atomic mass is 16.5. The van der Waals surface area contributed by atoms with E-state index in [-0.39, 0.29) is 23.0 Å². The van der Waals surface area contributed by atoms with Gasteiger partial charge in [0.05, 0.1) is 12.2 Å². The molecule has 0 spiro atoms. The predicted octanol–water partition coefficient (Wildman–Crippen LogP) is 4.11. The number of hydrogen-bond donors (Lipinski definition) is 2. The lowest BCUT2D eigenvalue weighted by Gasteiger charge is -2.43. The van der Waals surface area contributed by atoms with Crippen LogP contribution < -0.4 is 0 Å². The van der Waals surface area contributed by atoms with Gasteiger partial charge in [-0.2, -0.15) is 0 Å². The van der Waals surface area contributed by atoms with Gasteiger partial charge in [-0.25, -0.2) is 0 Å². The first-order chi connectivity index (χ1) is 9.74. The molecular weight excluding hydrogens is 264 g/mol. The zero-order valence-corrected chi connectivity index (χ0v) is 13.4. The number of phenols is 2. The highest BCUT2D eigenvalue weighted by Gasteiger charge is 2.40. The van der Waals surface area contributed by atoms with Crippen LogP contribution in [0.15, 0.2) is 11.6 Å². The van der Waals surface area contributed by atoms with E-state index in [0.29, 0.717) is 12.5 Å². The number of phenolic OH excluding ortho intramolecular Hbond substituents is 2. The van der Waals surface area contributed by atoms with Gasteiger partial charge in [0.2, 0.25) is 0 Å². The van der Waals surface area contributed by atoms with Crippen molar-refractivity contribution in [1.82, 2.24) is 0 Å². The average molecular weight is 288 g/mol. The SMILES string of the molecule is Cc1cc2c(c(O)c1O)[C@@H](C)CC1=C2[C@H](C)COC1(C)C. The molecule has 1 aromatic carbocycles. The Balaban J connectivity index is 2.33. The first-order valence-electron chi connectivity index (χ1n) is 7.67. The van der Waals surface area contributed by atoms with Crippen LogP contribution in [0.3, 0.4) is 0 Å². The summed E-state index contributed by atoms with van der Waals surface area (Å²) in [6, 6.07) is 2.02. The molecule has 0 aromatic heterocycles. The Labute approximate surface area is 126 Å². The van der Waals surface area contributed by atoms with Crippen molar-refractivity contribution in [3.05, 3.63) is 28.3 Å². The van der Waals surface area contributed by atoms with Gasteiger partial charge >= 0.3 is 0 Å². The van der Waals surface area contributed by atoms with Crippen LogP contribution in [-0.2, 0) is 4.74 Å². The summed E-state index contributed by atoms with van der Waals surface area (Å²) in [5.41, 5.74) is 5.10. The van der Waals surface area contributed by atoms with Gasteiger partial charge in [-0.3, -0.25) is 0 Å². The molecule has 0 saturated heterocycles. The summed E-state index contributed by atoms with van der Waals surface area (Å²) < 4.78 is 6.02. The Hall–Kier alpha value is -1.48. The Morgan fingerprint density at radius 1 is 1.14 bits per heavy atom. The molecule has 0 radical (unpaired) electrons. The third-order valence-corrected chi connectivity index (χ3v) is 5.04. The molecular formula is C18H24O3. The molecule has 1 aliphatic carbocycles. The Bertz CT molecular complexity index is 640. The van der Waals surface area contributed by atoms with Crippen molar-refractivity contribution in [3.8, 4) is 11.5 Å². The summed E-state index contributed by atoms with van der Waals surface area (Å²) >= 11 is 0. The average Bonchev–Trinajstić information content (AvgIpc) is 2.40. The fraction of sp³-hybridized carbons (Fsp3) is 0.556. The smallest absolute Gasteiger partial charge is 0.161 e. The van der Waals surface area contributed by atoms with Gasteiger partial charge in [-0.15, -0.1) is 0 Å². The highest BCUT2D eigenvalue weighted by Crippen LogP contribution is 2.53. The van der Waals surface area contributed by atoms with Crippen molar-refractivity contribution in [2.75, 3.05) is 6.61 Å². The zero-order valence-electron chi connectivity index (χ0n) is 13.4. The summed E-state index contributed by atoms with van der Waals surface area (Å²) in [7, 11) is 0. The van der Waals surface area contributed by atoms with Crippen LogP contribution in [-0.4, -0.2) is 22.4 Å². The van der Waals surface area contributed by atoms with Crippen molar-refractivity contribution < 1.29 is 14.9 Å². The maximum atomic E-state index is 10.4. The lowest BCUT2D eigenvalue weighted by molar-refractivity contribution is -0.0121. The molecule has 1 aliphatic heterocycles. The minimum atomic E-state index is -0.255. The quantitative estimate of drug-likeness (QED) is 0.706. The normalized spacial score (nSPS) is 27.3. The van der Waals surface area contributed by atoms with E-state index < -0.39 is 0 Å². The molecule has 0 unspecified atom stereocenters. The van der Waals surface area contributed by atoms with Crippen LogP contribution in [0.4, 0.5) is 0 Å². The molecule has 0 amide bonds. The molecule has 3 heteroatoms.